The molecule has 102 valence electrons. The van der Waals surface area contributed by atoms with E-state index in [0.29, 0.717) is 0 Å². The SMILES string of the molecule is CC(Nc1cccnc1Br)c1ccc2[nH]c(=O)[nH]c2c1. The lowest BCUT2D eigenvalue weighted by molar-refractivity contribution is 0.882. The van der Waals surface area contributed by atoms with Crippen LogP contribution in [0.2, 0.25) is 0 Å². The third-order valence-electron chi connectivity index (χ3n) is 3.17. The highest BCUT2D eigenvalue weighted by atomic mass is 79.9. The third kappa shape index (κ3) is 2.46. The molecule has 0 spiro atoms. The summed E-state index contributed by atoms with van der Waals surface area (Å²) in [6, 6.07) is 9.80. The average Bonchev–Trinajstić information content (AvgIpc) is 2.80. The number of H-pyrrole nitrogens is 2. The molecule has 3 N–H and O–H groups in total. The van der Waals surface area contributed by atoms with Gasteiger partial charge in [-0.05, 0) is 52.7 Å². The number of hydrogen-bond acceptors (Lipinski definition) is 3. The molecule has 3 rings (SSSR count). The third-order valence-corrected chi connectivity index (χ3v) is 3.80. The van der Waals surface area contributed by atoms with E-state index >= 15 is 0 Å². The van der Waals surface area contributed by atoms with Gasteiger partial charge in [0, 0.05) is 12.2 Å². The quantitative estimate of drug-likeness (QED) is 0.645. The highest BCUT2D eigenvalue weighted by molar-refractivity contribution is 9.10. The fourth-order valence-electron chi connectivity index (χ4n) is 2.13. The van der Waals surface area contributed by atoms with Gasteiger partial charge >= 0.3 is 5.69 Å². The molecular weight excluding hydrogens is 320 g/mol. The van der Waals surface area contributed by atoms with Crippen LogP contribution < -0.4 is 11.0 Å². The maximum atomic E-state index is 11.3. The Morgan fingerprint density at radius 1 is 1.25 bits per heavy atom. The first-order valence-corrected chi connectivity index (χ1v) is 7.02. The molecule has 0 radical (unpaired) electrons. The van der Waals surface area contributed by atoms with Gasteiger partial charge in [0.1, 0.15) is 4.60 Å². The molecule has 2 heterocycles. The van der Waals surface area contributed by atoms with Crippen molar-refractivity contribution in [2.24, 2.45) is 0 Å². The molecule has 1 aromatic carbocycles. The minimum Gasteiger partial charge on any atom is -0.376 e. The molecule has 3 aromatic rings. The van der Waals surface area contributed by atoms with Gasteiger partial charge in [-0.25, -0.2) is 9.78 Å². The fraction of sp³-hybridized carbons (Fsp3) is 0.143. The largest absolute Gasteiger partial charge is 0.376 e. The Morgan fingerprint density at radius 2 is 2.05 bits per heavy atom. The summed E-state index contributed by atoms with van der Waals surface area (Å²) in [5, 5.41) is 3.39. The minimum atomic E-state index is -0.187. The Bertz CT molecular complexity index is 808. The van der Waals surface area contributed by atoms with Crippen LogP contribution in [0.4, 0.5) is 5.69 Å². The van der Waals surface area contributed by atoms with Gasteiger partial charge in [-0.1, -0.05) is 6.07 Å². The van der Waals surface area contributed by atoms with Gasteiger partial charge in [-0.3, -0.25) is 0 Å². The van der Waals surface area contributed by atoms with Crippen LogP contribution in [0.25, 0.3) is 11.0 Å². The van der Waals surface area contributed by atoms with Crippen molar-refractivity contribution in [1.82, 2.24) is 15.0 Å². The number of aromatic amines is 2. The first-order chi connectivity index (χ1) is 9.63. The van der Waals surface area contributed by atoms with Crippen molar-refractivity contribution in [1.29, 1.82) is 0 Å². The van der Waals surface area contributed by atoms with Crippen LogP contribution in [0.5, 0.6) is 0 Å². The number of aromatic nitrogens is 3. The van der Waals surface area contributed by atoms with Gasteiger partial charge in [0.25, 0.3) is 0 Å². The summed E-state index contributed by atoms with van der Waals surface area (Å²) in [6.45, 7) is 2.06. The highest BCUT2D eigenvalue weighted by Gasteiger charge is 2.09. The number of hydrogen-bond donors (Lipinski definition) is 3. The molecule has 0 amide bonds. The molecule has 0 aliphatic rings. The number of anilines is 1. The lowest BCUT2D eigenvalue weighted by Gasteiger charge is -2.16. The van der Waals surface area contributed by atoms with Crippen molar-refractivity contribution in [2.45, 2.75) is 13.0 Å². The number of benzene rings is 1. The van der Waals surface area contributed by atoms with Gasteiger partial charge < -0.3 is 15.3 Å². The summed E-state index contributed by atoms with van der Waals surface area (Å²) in [6.07, 6.45) is 1.73. The summed E-state index contributed by atoms with van der Waals surface area (Å²) in [4.78, 5) is 20.9. The summed E-state index contributed by atoms with van der Waals surface area (Å²) >= 11 is 3.41. The molecule has 6 heteroatoms. The van der Waals surface area contributed by atoms with E-state index in [1.807, 2.05) is 30.3 Å². The Kier molecular flexibility index (Phi) is 3.31. The molecule has 2 aromatic heterocycles. The molecule has 0 aliphatic carbocycles. The van der Waals surface area contributed by atoms with Crippen molar-refractivity contribution >= 4 is 32.7 Å². The summed E-state index contributed by atoms with van der Waals surface area (Å²) in [5.74, 6) is 0. The molecule has 20 heavy (non-hydrogen) atoms. The number of rotatable bonds is 3. The van der Waals surface area contributed by atoms with E-state index < -0.39 is 0 Å². The summed E-state index contributed by atoms with van der Waals surface area (Å²) in [5.41, 5.74) is 3.46. The molecule has 1 atom stereocenters. The van der Waals surface area contributed by atoms with Crippen molar-refractivity contribution < 1.29 is 0 Å². The zero-order valence-electron chi connectivity index (χ0n) is 10.8. The van der Waals surface area contributed by atoms with Crippen LogP contribution in [0.15, 0.2) is 45.9 Å². The molecule has 0 saturated carbocycles. The first kappa shape index (κ1) is 12.9. The fourth-order valence-corrected chi connectivity index (χ4v) is 2.49. The van der Waals surface area contributed by atoms with E-state index in [1.54, 1.807) is 6.20 Å². The van der Waals surface area contributed by atoms with Gasteiger partial charge in [0.15, 0.2) is 0 Å². The maximum Gasteiger partial charge on any atom is 0.323 e. The Balaban J connectivity index is 1.90. The van der Waals surface area contributed by atoms with Crippen molar-refractivity contribution in [3.05, 3.63) is 57.2 Å². The smallest absolute Gasteiger partial charge is 0.323 e. The highest BCUT2D eigenvalue weighted by Crippen LogP contribution is 2.25. The van der Waals surface area contributed by atoms with Crippen molar-refractivity contribution in [2.75, 3.05) is 5.32 Å². The molecule has 0 aliphatic heterocycles. The van der Waals surface area contributed by atoms with Crippen LogP contribution in [-0.4, -0.2) is 15.0 Å². The number of imidazole rings is 1. The van der Waals surface area contributed by atoms with Crippen LogP contribution in [0.1, 0.15) is 18.5 Å². The second-order valence-electron chi connectivity index (χ2n) is 4.59. The number of fused-ring (bicyclic) bond motifs is 1. The standard InChI is InChI=1S/C14H13BrN4O/c1-8(17-11-3-2-6-16-13(11)15)9-4-5-10-12(7-9)19-14(20)18-10/h2-8,17H,1H3,(H2,18,19,20). The predicted molar refractivity (Wildman–Crippen MR) is 82.9 cm³/mol. The minimum absolute atomic E-state index is 0.0957. The second kappa shape index (κ2) is 5.13. The normalized spacial score (nSPS) is 12.5. The zero-order valence-corrected chi connectivity index (χ0v) is 12.4. The monoisotopic (exact) mass is 332 g/mol. The second-order valence-corrected chi connectivity index (χ2v) is 5.34. The van der Waals surface area contributed by atoms with Gasteiger partial charge in [0.05, 0.1) is 16.7 Å². The summed E-state index contributed by atoms with van der Waals surface area (Å²) in [7, 11) is 0. The van der Waals surface area contributed by atoms with Crippen LogP contribution >= 0.6 is 15.9 Å². The zero-order chi connectivity index (χ0) is 14.1. The molecule has 1 unspecified atom stereocenters. The lowest BCUT2D eigenvalue weighted by atomic mass is 10.1. The lowest BCUT2D eigenvalue weighted by Crippen LogP contribution is -2.07. The molecule has 0 bridgehead atoms. The molecule has 0 saturated heterocycles. The van der Waals surface area contributed by atoms with E-state index in [9.17, 15) is 4.79 Å². The number of nitrogens with zero attached hydrogens (tertiary/aromatic N) is 1. The Labute approximate surface area is 123 Å². The van der Waals surface area contributed by atoms with E-state index in [2.05, 4.69) is 43.1 Å². The Hall–Kier alpha value is -2.08. The van der Waals surface area contributed by atoms with Crippen molar-refractivity contribution in [3.63, 3.8) is 0 Å². The molecular formula is C14H13BrN4O. The van der Waals surface area contributed by atoms with Gasteiger partial charge in [-0.2, -0.15) is 0 Å². The van der Waals surface area contributed by atoms with Crippen LogP contribution in [0, 0.1) is 0 Å². The van der Waals surface area contributed by atoms with E-state index in [0.717, 1.165) is 26.9 Å². The van der Waals surface area contributed by atoms with Gasteiger partial charge in [0.2, 0.25) is 0 Å². The molecule has 5 nitrogen and oxygen atoms in total. The first-order valence-electron chi connectivity index (χ1n) is 6.22. The van der Waals surface area contributed by atoms with Gasteiger partial charge in [-0.15, -0.1) is 0 Å². The Morgan fingerprint density at radius 3 is 2.85 bits per heavy atom. The number of halogens is 1. The van der Waals surface area contributed by atoms with Crippen LogP contribution in [-0.2, 0) is 0 Å². The van der Waals surface area contributed by atoms with E-state index in [1.165, 1.54) is 0 Å². The topological polar surface area (TPSA) is 73.6 Å². The number of pyridine rings is 1. The average molecular weight is 333 g/mol. The van der Waals surface area contributed by atoms with Crippen LogP contribution in [0.3, 0.4) is 0 Å². The molecule has 0 fully saturated rings. The van der Waals surface area contributed by atoms with Crippen molar-refractivity contribution in [3.8, 4) is 0 Å². The van der Waals surface area contributed by atoms with E-state index in [4.69, 9.17) is 0 Å². The van der Waals surface area contributed by atoms with E-state index in [-0.39, 0.29) is 11.7 Å². The summed E-state index contributed by atoms with van der Waals surface area (Å²) < 4.78 is 0.781. The predicted octanol–water partition coefficient (Wildman–Crippen LogP) is 3.19. The maximum absolute atomic E-state index is 11.3. The number of nitrogens with one attached hydrogen (secondary N) is 3.